The smallest absolute Gasteiger partial charge is 0.251 e. The van der Waals surface area contributed by atoms with Gasteiger partial charge in [-0.3, -0.25) is 14.6 Å². The first-order valence-electron chi connectivity index (χ1n) is 9.37. The Morgan fingerprint density at radius 1 is 1.24 bits per heavy atom. The Kier molecular flexibility index (Phi) is 6.66. The Hall–Kier alpha value is -3.13. The normalized spacial score (nSPS) is 15.6. The van der Waals surface area contributed by atoms with E-state index in [1.54, 1.807) is 12.1 Å². The molecule has 2 amide bonds. The SMILES string of the molecule is COc1cc(C(=O)NCc2cccc(C)n2)cc(NC(=O)C2CCOC2)c1OC. The lowest BCUT2D eigenvalue weighted by Gasteiger charge is -2.17. The number of benzene rings is 1. The lowest BCUT2D eigenvalue weighted by atomic mass is 10.1. The number of methoxy groups -OCH3 is 2. The molecule has 1 atom stereocenters. The zero-order valence-corrected chi connectivity index (χ0v) is 16.8. The van der Waals surface area contributed by atoms with Crippen LogP contribution in [0, 0.1) is 12.8 Å². The van der Waals surface area contributed by atoms with Crippen molar-refractivity contribution in [2.24, 2.45) is 5.92 Å². The number of rotatable bonds is 7. The monoisotopic (exact) mass is 399 g/mol. The highest BCUT2D eigenvalue weighted by atomic mass is 16.5. The van der Waals surface area contributed by atoms with Crippen LogP contribution in [0.25, 0.3) is 0 Å². The maximum Gasteiger partial charge on any atom is 0.251 e. The molecule has 0 saturated carbocycles. The number of aryl methyl sites for hydroxylation is 1. The van der Waals surface area contributed by atoms with Crippen LogP contribution in [0.2, 0.25) is 0 Å². The molecule has 1 aliphatic rings. The largest absolute Gasteiger partial charge is 0.493 e. The molecule has 0 radical (unpaired) electrons. The topological polar surface area (TPSA) is 98.8 Å². The third-order valence-electron chi connectivity index (χ3n) is 4.68. The van der Waals surface area contributed by atoms with Gasteiger partial charge in [-0.15, -0.1) is 0 Å². The minimum absolute atomic E-state index is 0.177. The second kappa shape index (κ2) is 9.38. The number of aromatic nitrogens is 1. The van der Waals surface area contributed by atoms with Gasteiger partial charge in [0.2, 0.25) is 5.91 Å². The molecule has 1 aromatic carbocycles. The number of nitrogens with one attached hydrogen (secondary N) is 2. The van der Waals surface area contributed by atoms with Crippen LogP contribution in [-0.4, -0.2) is 44.2 Å². The molecule has 2 heterocycles. The van der Waals surface area contributed by atoms with E-state index in [0.29, 0.717) is 42.4 Å². The molecule has 1 unspecified atom stereocenters. The van der Waals surface area contributed by atoms with Gasteiger partial charge in [-0.2, -0.15) is 0 Å². The third kappa shape index (κ3) is 5.03. The second-order valence-corrected chi connectivity index (χ2v) is 6.76. The average molecular weight is 399 g/mol. The van der Waals surface area contributed by atoms with Crippen LogP contribution in [0.4, 0.5) is 5.69 Å². The van der Waals surface area contributed by atoms with E-state index in [1.165, 1.54) is 14.2 Å². The summed E-state index contributed by atoms with van der Waals surface area (Å²) in [6.07, 6.45) is 0.662. The summed E-state index contributed by atoms with van der Waals surface area (Å²) in [5, 5.41) is 5.67. The number of hydrogen-bond acceptors (Lipinski definition) is 6. The molecule has 1 aliphatic heterocycles. The lowest BCUT2D eigenvalue weighted by Crippen LogP contribution is -2.25. The van der Waals surface area contributed by atoms with Crippen molar-refractivity contribution >= 4 is 17.5 Å². The Morgan fingerprint density at radius 2 is 2.07 bits per heavy atom. The molecular formula is C21H25N3O5. The van der Waals surface area contributed by atoms with Crippen molar-refractivity contribution in [2.45, 2.75) is 19.9 Å². The first kappa shape index (κ1) is 20.6. The van der Waals surface area contributed by atoms with Crippen LogP contribution in [0.1, 0.15) is 28.2 Å². The molecule has 0 bridgehead atoms. The zero-order valence-electron chi connectivity index (χ0n) is 16.8. The Bertz CT molecular complexity index is 894. The summed E-state index contributed by atoms with van der Waals surface area (Å²) in [6, 6.07) is 8.78. The summed E-state index contributed by atoms with van der Waals surface area (Å²) in [6.45, 7) is 3.13. The predicted octanol–water partition coefficient (Wildman–Crippen LogP) is 2.31. The van der Waals surface area contributed by atoms with Gasteiger partial charge in [-0.25, -0.2) is 0 Å². The fourth-order valence-corrected chi connectivity index (χ4v) is 3.14. The highest BCUT2D eigenvalue weighted by Gasteiger charge is 2.25. The molecule has 29 heavy (non-hydrogen) atoms. The number of pyridine rings is 1. The predicted molar refractivity (Wildman–Crippen MR) is 107 cm³/mol. The minimum atomic E-state index is -0.311. The van der Waals surface area contributed by atoms with Crippen LogP contribution in [0.3, 0.4) is 0 Å². The minimum Gasteiger partial charge on any atom is -0.493 e. The molecule has 8 nitrogen and oxygen atoms in total. The maximum absolute atomic E-state index is 12.7. The molecule has 2 N–H and O–H groups in total. The number of nitrogens with zero attached hydrogens (tertiary/aromatic N) is 1. The van der Waals surface area contributed by atoms with E-state index in [-0.39, 0.29) is 24.3 Å². The first-order valence-corrected chi connectivity index (χ1v) is 9.37. The first-order chi connectivity index (χ1) is 14.0. The highest BCUT2D eigenvalue weighted by Crippen LogP contribution is 2.37. The number of anilines is 1. The van der Waals surface area contributed by atoms with Gasteiger partial charge in [0, 0.05) is 17.9 Å². The molecule has 1 fully saturated rings. The molecule has 1 saturated heterocycles. The van der Waals surface area contributed by atoms with Crippen LogP contribution in [0.15, 0.2) is 30.3 Å². The quantitative estimate of drug-likeness (QED) is 0.741. The van der Waals surface area contributed by atoms with Gasteiger partial charge in [0.25, 0.3) is 5.91 Å². The summed E-state index contributed by atoms with van der Waals surface area (Å²) < 4.78 is 16.0. The van der Waals surface area contributed by atoms with Crippen molar-refractivity contribution < 1.29 is 23.8 Å². The average Bonchev–Trinajstić information content (AvgIpc) is 3.26. The fourth-order valence-electron chi connectivity index (χ4n) is 3.14. The lowest BCUT2D eigenvalue weighted by molar-refractivity contribution is -0.119. The summed E-state index contributed by atoms with van der Waals surface area (Å²) in [5.74, 6) is -0.00243. The number of carbonyl (C=O) groups excluding carboxylic acids is 2. The van der Waals surface area contributed by atoms with Crippen molar-refractivity contribution in [2.75, 3.05) is 32.8 Å². The van der Waals surface area contributed by atoms with Crippen molar-refractivity contribution in [3.63, 3.8) is 0 Å². The van der Waals surface area contributed by atoms with Gasteiger partial charge in [-0.1, -0.05) is 6.07 Å². The Morgan fingerprint density at radius 3 is 2.72 bits per heavy atom. The molecule has 2 aromatic rings. The summed E-state index contributed by atoms with van der Waals surface area (Å²) in [5.41, 5.74) is 2.35. The van der Waals surface area contributed by atoms with Crippen molar-refractivity contribution in [1.82, 2.24) is 10.3 Å². The van der Waals surface area contributed by atoms with E-state index in [9.17, 15) is 9.59 Å². The van der Waals surface area contributed by atoms with Crippen LogP contribution >= 0.6 is 0 Å². The van der Waals surface area contributed by atoms with E-state index < -0.39 is 0 Å². The number of amides is 2. The second-order valence-electron chi connectivity index (χ2n) is 6.76. The van der Waals surface area contributed by atoms with Crippen LogP contribution < -0.4 is 20.1 Å². The zero-order chi connectivity index (χ0) is 20.8. The maximum atomic E-state index is 12.7. The van der Waals surface area contributed by atoms with Gasteiger partial charge in [0.05, 0.1) is 44.7 Å². The summed E-state index contributed by atoms with van der Waals surface area (Å²) in [4.78, 5) is 29.6. The van der Waals surface area contributed by atoms with Crippen molar-refractivity contribution in [3.8, 4) is 11.5 Å². The number of ether oxygens (including phenoxy) is 3. The van der Waals surface area contributed by atoms with E-state index in [1.807, 2.05) is 25.1 Å². The van der Waals surface area contributed by atoms with Crippen LogP contribution in [-0.2, 0) is 16.1 Å². The summed E-state index contributed by atoms with van der Waals surface area (Å²) in [7, 11) is 2.96. The third-order valence-corrected chi connectivity index (χ3v) is 4.68. The Labute approximate surface area is 169 Å². The molecule has 154 valence electrons. The van der Waals surface area contributed by atoms with Gasteiger partial charge in [0.1, 0.15) is 0 Å². The van der Waals surface area contributed by atoms with Gasteiger partial charge in [0.15, 0.2) is 11.5 Å². The molecular weight excluding hydrogens is 374 g/mol. The molecule has 1 aromatic heterocycles. The van der Waals surface area contributed by atoms with Gasteiger partial charge >= 0.3 is 0 Å². The highest BCUT2D eigenvalue weighted by molar-refractivity contribution is 6.00. The standard InChI is InChI=1S/C21H25N3O5/c1-13-5-4-6-16(23-13)11-22-20(25)15-9-17(19(28-3)18(10-15)27-2)24-21(26)14-7-8-29-12-14/h4-6,9-10,14H,7-8,11-12H2,1-3H3,(H,22,25)(H,24,26). The molecule has 3 rings (SSSR count). The fraction of sp³-hybridized carbons (Fsp3) is 0.381. The number of hydrogen-bond donors (Lipinski definition) is 2. The van der Waals surface area contributed by atoms with E-state index >= 15 is 0 Å². The molecule has 0 aliphatic carbocycles. The summed E-state index contributed by atoms with van der Waals surface area (Å²) >= 11 is 0. The van der Waals surface area contributed by atoms with E-state index in [4.69, 9.17) is 14.2 Å². The van der Waals surface area contributed by atoms with Crippen LogP contribution in [0.5, 0.6) is 11.5 Å². The van der Waals surface area contributed by atoms with E-state index in [0.717, 1.165) is 11.4 Å². The van der Waals surface area contributed by atoms with Crippen molar-refractivity contribution in [1.29, 1.82) is 0 Å². The van der Waals surface area contributed by atoms with E-state index in [2.05, 4.69) is 15.6 Å². The van der Waals surface area contributed by atoms with Gasteiger partial charge in [-0.05, 0) is 37.6 Å². The van der Waals surface area contributed by atoms with Crippen molar-refractivity contribution in [3.05, 3.63) is 47.3 Å². The molecule has 0 spiro atoms. The Balaban J connectivity index is 1.80. The van der Waals surface area contributed by atoms with Gasteiger partial charge < -0.3 is 24.8 Å². The number of carbonyl (C=O) groups is 2. The molecule has 8 heteroatoms.